The van der Waals surface area contributed by atoms with Crippen LogP contribution in [0.25, 0.3) is 0 Å². The molecule has 0 unspecified atom stereocenters. The van der Waals surface area contributed by atoms with Crippen LogP contribution in [0.15, 0.2) is 42.5 Å². The average molecular weight is 350 g/mol. The Kier molecular flexibility index (Phi) is 4.37. The zero-order valence-corrected chi connectivity index (χ0v) is 14.9. The van der Waals surface area contributed by atoms with E-state index in [4.69, 9.17) is 4.74 Å². The van der Waals surface area contributed by atoms with Gasteiger partial charge in [-0.1, -0.05) is 18.2 Å². The van der Waals surface area contributed by atoms with Gasteiger partial charge in [0.25, 0.3) is 11.8 Å². The highest BCUT2D eigenvalue weighted by Gasteiger charge is 2.26. The molecule has 1 saturated heterocycles. The standard InChI is InChI=1S/C21H22N2O3/c1-15-7-8-19-18(11-15)23(20(24)14-26-19)13-16-5-4-6-17(12-16)21(25)22-9-2-3-10-22/h4-8,11-12H,2-3,9-10,13-14H2,1H3. The second kappa shape index (κ2) is 6.83. The SMILES string of the molecule is Cc1ccc2c(c1)N(Cc1cccc(C(=O)N3CCCC3)c1)C(=O)CO2. The number of rotatable bonds is 3. The maximum Gasteiger partial charge on any atom is 0.265 e. The highest BCUT2D eigenvalue weighted by Crippen LogP contribution is 2.34. The Bertz CT molecular complexity index is 856. The Morgan fingerprint density at radius 1 is 1.12 bits per heavy atom. The van der Waals surface area contributed by atoms with Crippen molar-refractivity contribution in [2.45, 2.75) is 26.3 Å². The van der Waals surface area contributed by atoms with Crippen LogP contribution in [-0.4, -0.2) is 36.4 Å². The number of amides is 2. The largest absolute Gasteiger partial charge is 0.482 e. The molecule has 0 N–H and O–H groups in total. The number of likely N-dealkylation sites (tertiary alicyclic amines) is 1. The zero-order chi connectivity index (χ0) is 18.1. The lowest BCUT2D eigenvalue weighted by Crippen LogP contribution is -2.38. The first-order valence-electron chi connectivity index (χ1n) is 9.04. The van der Waals surface area contributed by atoms with Crippen LogP contribution in [0.2, 0.25) is 0 Å². The van der Waals surface area contributed by atoms with Gasteiger partial charge in [-0.25, -0.2) is 0 Å². The van der Waals surface area contributed by atoms with Crippen LogP contribution in [0.1, 0.15) is 34.3 Å². The molecule has 5 nitrogen and oxygen atoms in total. The molecule has 26 heavy (non-hydrogen) atoms. The molecule has 2 aromatic carbocycles. The molecule has 0 aromatic heterocycles. The predicted octanol–water partition coefficient (Wildman–Crippen LogP) is 3.16. The second-order valence-electron chi connectivity index (χ2n) is 6.94. The summed E-state index contributed by atoms with van der Waals surface area (Å²) >= 11 is 0. The summed E-state index contributed by atoms with van der Waals surface area (Å²) in [4.78, 5) is 28.7. The van der Waals surface area contributed by atoms with Gasteiger partial charge in [-0.15, -0.1) is 0 Å². The summed E-state index contributed by atoms with van der Waals surface area (Å²) < 4.78 is 5.54. The Morgan fingerprint density at radius 3 is 2.73 bits per heavy atom. The summed E-state index contributed by atoms with van der Waals surface area (Å²) in [6, 6.07) is 13.4. The molecule has 0 saturated carbocycles. The molecule has 1 fully saturated rings. The third kappa shape index (κ3) is 3.17. The Balaban J connectivity index is 1.60. The quantitative estimate of drug-likeness (QED) is 0.854. The molecule has 0 atom stereocenters. The molecular weight excluding hydrogens is 328 g/mol. The number of hydrogen-bond acceptors (Lipinski definition) is 3. The minimum atomic E-state index is -0.0700. The van der Waals surface area contributed by atoms with Crippen LogP contribution >= 0.6 is 0 Å². The normalized spacial score (nSPS) is 16.4. The fourth-order valence-electron chi connectivity index (χ4n) is 3.57. The Morgan fingerprint density at radius 2 is 1.92 bits per heavy atom. The molecular formula is C21H22N2O3. The molecule has 2 aliphatic heterocycles. The van der Waals surface area contributed by atoms with Crippen molar-refractivity contribution in [2.24, 2.45) is 0 Å². The third-order valence-corrected chi connectivity index (χ3v) is 4.97. The van der Waals surface area contributed by atoms with E-state index in [-0.39, 0.29) is 18.4 Å². The molecule has 0 radical (unpaired) electrons. The molecule has 2 amide bonds. The van der Waals surface area contributed by atoms with Gasteiger partial charge in [-0.2, -0.15) is 0 Å². The van der Waals surface area contributed by atoms with Gasteiger partial charge >= 0.3 is 0 Å². The van der Waals surface area contributed by atoms with Crippen molar-refractivity contribution in [1.29, 1.82) is 0 Å². The number of nitrogens with zero attached hydrogens (tertiary/aromatic N) is 2. The van der Waals surface area contributed by atoms with Crippen LogP contribution in [0.5, 0.6) is 5.75 Å². The van der Waals surface area contributed by atoms with Gasteiger partial charge in [0.15, 0.2) is 6.61 Å². The average Bonchev–Trinajstić information content (AvgIpc) is 3.18. The van der Waals surface area contributed by atoms with E-state index < -0.39 is 0 Å². The molecule has 0 spiro atoms. The van der Waals surface area contributed by atoms with Crippen molar-refractivity contribution in [1.82, 2.24) is 4.90 Å². The lowest BCUT2D eigenvalue weighted by Gasteiger charge is -2.30. The number of ether oxygens (including phenoxy) is 1. The van der Waals surface area contributed by atoms with Crippen LogP contribution in [0.3, 0.4) is 0 Å². The first kappa shape index (κ1) is 16.6. The number of aryl methyl sites for hydroxylation is 1. The summed E-state index contributed by atoms with van der Waals surface area (Å²) in [6.07, 6.45) is 2.15. The molecule has 0 aliphatic carbocycles. The fourth-order valence-corrected chi connectivity index (χ4v) is 3.57. The van der Waals surface area contributed by atoms with Crippen molar-refractivity contribution in [3.63, 3.8) is 0 Å². The van der Waals surface area contributed by atoms with Crippen molar-refractivity contribution in [2.75, 3.05) is 24.6 Å². The van der Waals surface area contributed by atoms with Gasteiger partial charge in [0.2, 0.25) is 0 Å². The number of anilines is 1. The summed E-state index contributed by atoms with van der Waals surface area (Å²) in [6.45, 7) is 4.13. The van der Waals surface area contributed by atoms with Crippen molar-refractivity contribution >= 4 is 17.5 Å². The van der Waals surface area contributed by atoms with Crippen LogP contribution in [-0.2, 0) is 11.3 Å². The van der Waals surface area contributed by atoms with Crippen LogP contribution in [0.4, 0.5) is 5.69 Å². The van der Waals surface area contributed by atoms with Crippen LogP contribution in [0, 0.1) is 6.92 Å². The van der Waals surface area contributed by atoms with Crippen LogP contribution < -0.4 is 9.64 Å². The molecule has 0 bridgehead atoms. The van der Waals surface area contributed by atoms with E-state index in [1.807, 2.05) is 54.3 Å². The Labute approximate surface area is 153 Å². The Hall–Kier alpha value is -2.82. The van der Waals surface area contributed by atoms with E-state index in [1.165, 1.54) is 0 Å². The van der Waals surface area contributed by atoms with Gasteiger partial charge < -0.3 is 14.5 Å². The topological polar surface area (TPSA) is 49.9 Å². The number of fused-ring (bicyclic) bond motifs is 1. The minimum Gasteiger partial charge on any atom is -0.482 e. The number of carbonyl (C=O) groups excluding carboxylic acids is 2. The summed E-state index contributed by atoms with van der Waals surface area (Å²) in [5.41, 5.74) is 3.50. The van der Waals surface area contributed by atoms with E-state index in [0.717, 1.165) is 48.5 Å². The number of hydrogen-bond donors (Lipinski definition) is 0. The highest BCUT2D eigenvalue weighted by atomic mass is 16.5. The maximum absolute atomic E-state index is 12.6. The maximum atomic E-state index is 12.6. The monoisotopic (exact) mass is 350 g/mol. The van der Waals surface area contributed by atoms with Crippen molar-refractivity contribution in [3.8, 4) is 5.75 Å². The number of carbonyl (C=O) groups is 2. The molecule has 2 aromatic rings. The predicted molar refractivity (Wildman–Crippen MR) is 99.4 cm³/mol. The van der Waals surface area contributed by atoms with Gasteiger partial charge in [0, 0.05) is 18.7 Å². The summed E-state index contributed by atoms with van der Waals surface area (Å²) in [5, 5.41) is 0. The van der Waals surface area contributed by atoms with Gasteiger partial charge in [-0.3, -0.25) is 9.59 Å². The molecule has 134 valence electrons. The first-order valence-corrected chi connectivity index (χ1v) is 9.04. The van der Waals surface area contributed by atoms with E-state index >= 15 is 0 Å². The smallest absolute Gasteiger partial charge is 0.265 e. The van der Waals surface area contributed by atoms with Crippen molar-refractivity contribution in [3.05, 3.63) is 59.2 Å². The highest BCUT2D eigenvalue weighted by molar-refractivity contribution is 5.98. The lowest BCUT2D eigenvalue weighted by molar-refractivity contribution is -0.121. The van der Waals surface area contributed by atoms with E-state index in [1.54, 1.807) is 4.90 Å². The van der Waals surface area contributed by atoms with Gasteiger partial charge in [-0.05, 0) is 55.2 Å². The second-order valence-corrected chi connectivity index (χ2v) is 6.94. The minimum absolute atomic E-state index is 0.0441. The van der Waals surface area contributed by atoms with Gasteiger partial charge in [0.1, 0.15) is 5.75 Å². The summed E-state index contributed by atoms with van der Waals surface area (Å²) in [5.74, 6) is 0.729. The van der Waals surface area contributed by atoms with Crippen molar-refractivity contribution < 1.29 is 14.3 Å². The summed E-state index contributed by atoms with van der Waals surface area (Å²) in [7, 11) is 0. The lowest BCUT2D eigenvalue weighted by atomic mass is 10.1. The molecule has 5 heteroatoms. The molecule has 4 rings (SSSR count). The number of benzene rings is 2. The van der Waals surface area contributed by atoms with Gasteiger partial charge in [0.05, 0.1) is 12.2 Å². The first-order chi connectivity index (χ1) is 12.6. The van der Waals surface area contributed by atoms with E-state index in [0.29, 0.717) is 12.1 Å². The molecule has 2 aliphatic rings. The van der Waals surface area contributed by atoms with E-state index in [9.17, 15) is 9.59 Å². The van der Waals surface area contributed by atoms with E-state index in [2.05, 4.69) is 0 Å². The molecule has 2 heterocycles. The fraction of sp³-hybridized carbons (Fsp3) is 0.333. The zero-order valence-electron chi connectivity index (χ0n) is 14.9. The third-order valence-electron chi connectivity index (χ3n) is 4.97.